The number of ketones is 1. The molecule has 1 N–H and O–H groups in total. The Hall–Kier alpha value is -1.39. The van der Waals surface area contributed by atoms with Crippen molar-refractivity contribution in [3.63, 3.8) is 0 Å². The van der Waals surface area contributed by atoms with Gasteiger partial charge < -0.3 is 15.0 Å². The van der Waals surface area contributed by atoms with Crippen molar-refractivity contribution in [1.29, 1.82) is 0 Å². The van der Waals surface area contributed by atoms with Crippen molar-refractivity contribution in [3.8, 4) is 5.75 Å². The van der Waals surface area contributed by atoms with Gasteiger partial charge in [0.1, 0.15) is 11.9 Å². The van der Waals surface area contributed by atoms with E-state index in [1.54, 1.807) is 7.05 Å². The van der Waals surface area contributed by atoms with Crippen LogP contribution in [0.4, 0.5) is 0 Å². The molecule has 1 fully saturated rings. The van der Waals surface area contributed by atoms with Crippen LogP contribution < -0.4 is 10.1 Å². The zero-order valence-corrected chi connectivity index (χ0v) is 11.7. The van der Waals surface area contributed by atoms with Gasteiger partial charge >= 0.3 is 0 Å². The Balaban J connectivity index is 2.00. The second-order valence-electron chi connectivity index (χ2n) is 5.13. The van der Waals surface area contributed by atoms with Crippen LogP contribution in [-0.4, -0.2) is 50.5 Å². The smallest absolute Gasteiger partial charge is 0.176 e. The number of Topliss-reactive ketones (excluding diaryl/α,β-unsaturated/α-hetero) is 1. The number of benzene rings is 1. The molecular weight excluding hydrogens is 240 g/mol. The quantitative estimate of drug-likeness (QED) is 0.818. The van der Waals surface area contributed by atoms with Gasteiger partial charge in [-0.25, -0.2) is 0 Å². The standard InChI is InChI=1S/C15H22N2O2/c1-16-10-15(18)12-5-3-6-13(9-12)19-14-7-4-8-17(2)11-14/h3,5-6,9,14,16H,4,7-8,10-11H2,1-2H3. The van der Waals surface area contributed by atoms with Gasteiger partial charge in [-0.3, -0.25) is 4.79 Å². The summed E-state index contributed by atoms with van der Waals surface area (Å²) >= 11 is 0. The van der Waals surface area contributed by atoms with Crippen molar-refractivity contribution < 1.29 is 9.53 Å². The molecule has 1 atom stereocenters. The third-order valence-electron chi connectivity index (χ3n) is 3.38. The summed E-state index contributed by atoms with van der Waals surface area (Å²) in [4.78, 5) is 14.1. The zero-order chi connectivity index (χ0) is 13.7. The van der Waals surface area contributed by atoms with Crippen LogP contribution in [0.1, 0.15) is 23.2 Å². The molecule has 0 aromatic heterocycles. The molecule has 1 saturated heterocycles. The zero-order valence-electron chi connectivity index (χ0n) is 11.7. The third kappa shape index (κ3) is 4.04. The lowest BCUT2D eigenvalue weighted by atomic mass is 10.1. The lowest BCUT2D eigenvalue weighted by molar-refractivity contribution is 0.0983. The van der Waals surface area contributed by atoms with Gasteiger partial charge in [0.2, 0.25) is 0 Å². The van der Waals surface area contributed by atoms with Crippen LogP contribution in [0, 0.1) is 0 Å². The van der Waals surface area contributed by atoms with E-state index in [0.29, 0.717) is 12.1 Å². The van der Waals surface area contributed by atoms with Gasteiger partial charge in [0.15, 0.2) is 5.78 Å². The number of hydrogen-bond donors (Lipinski definition) is 1. The maximum atomic E-state index is 11.8. The molecule has 0 aliphatic carbocycles. The highest BCUT2D eigenvalue weighted by Crippen LogP contribution is 2.19. The van der Waals surface area contributed by atoms with Gasteiger partial charge in [-0.2, -0.15) is 0 Å². The Morgan fingerprint density at radius 1 is 1.53 bits per heavy atom. The fourth-order valence-corrected chi connectivity index (χ4v) is 2.41. The van der Waals surface area contributed by atoms with Gasteiger partial charge in [0.05, 0.1) is 6.54 Å². The molecule has 1 aromatic rings. The summed E-state index contributed by atoms with van der Waals surface area (Å²) in [5.41, 5.74) is 0.705. The van der Waals surface area contributed by atoms with E-state index in [0.717, 1.165) is 25.3 Å². The highest BCUT2D eigenvalue weighted by molar-refractivity contribution is 5.97. The molecule has 0 bridgehead atoms. The fraction of sp³-hybridized carbons (Fsp3) is 0.533. The normalized spacial score (nSPS) is 20.2. The summed E-state index contributed by atoms with van der Waals surface area (Å²) in [6, 6.07) is 7.48. The molecule has 0 spiro atoms. The number of likely N-dealkylation sites (N-methyl/N-ethyl adjacent to an activating group) is 2. The van der Waals surface area contributed by atoms with Gasteiger partial charge in [-0.1, -0.05) is 12.1 Å². The number of likely N-dealkylation sites (tertiary alicyclic amines) is 1. The van der Waals surface area contributed by atoms with Crippen LogP contribution in [0.2, 0.25) is 0 Å². The molecule has 1 heterocycles. The average molecular weight is 262 g/mol. The Labute approximate surface area is 114 Å². The van der Waals surface area contributed by atoms with E-state index in [9.17, 15) is 4.79 Å². The minimum atomic E-state index is 0.0914. The predicted molar refractivity (Wildman–Crippen MR) is 75.8 cm³/mol. The lowest BCUT2D eigenvalue weighted by Crippen LogP contribution is -2.38. The Bertz CT molecular complexity index is 434. The van der Waals surface area contributed by atoms with E-state index < -0.39 is 0 Å². The number of carbonyl (C=O) groups excluding carboxylic acids is 1. The number of rotatable bonds is 5. The SMILES string of the molecule is CNCC(=O)c1cccc(OC2CCCN(C)C2)c1. The minimum Gasteiger partial charge on any atom is -0.489 e. The van der Waals surface area contributed by atoms with Crippen molar-refractivity contribution in [1.82, 2.24) is 10.2 Å². The van der Waals surface area contributed by atoms with E-state index in [1.807, 2.05) is 24.3 Å². The van der Waals surface area contributed by atoms with Crippen molar-refractivity contribution in [2.24, 2.45) is 0 Å². The summed E-state index contributed by atoms with van der Waals surface area (Å²) in [5, 5.41) is 2.88. The number of ether oxygens (including phenoxy) is 1. The molecule has 104 valence electrons. The molecule has 4 heteroatoms. The van der Waals surface area contributed by atoms with Crippen LogP contribution in [-0.2, 0) is 0 Å². The molecule has 4 nitrogen and oxygen atoms in total. The molecule has 1 aliphatic rings. The summed E-state index contributed by atoms with van der Waals surface area (Å²) in [5.74, 6) is 0.885. The molecule has 19 heavy (non-hydrogen) atoms. The monoisotopic (exact) mass is 262 g/mol. The van der Waals surface area contributed by atoms with Crippen LogP contribution in [0.5, 0.6) is 5.75 Å². The first-order valence-corrected chi connectivity index (χ1v) is 6.82. The number of nitrogens with zero attached hydrogens (tertiary/aromatic N) is 1. The van der Waals surface area contributed by atoms with E-state index >= 15 is 0 Å². The Morgan fingerprint density at radius 3 is 3.11 bits per heavy atom. The first-order chi connectivity index (χ1) is 9.19. The van der Waals surface area contributed by atoms with Crippen LogP contribution in [0.15, 0.2) is 24.3 Å². The summed E-state index contributed by atoms with van der Waals surface area (Å²) in [6.07, 6.45) is 2.48. The molecule has 1 aromatic carbocycles. The fourth-order valence-electron chi connectivity index (χ4n) is 2.41. The second-order valence-corrected chi connectivity index (χ2v) is 5.13. The highest BCUT2D eigenvalue weighted by atomic mass is 16.5. The van der Waals surface area contributed by atoms with Gasteiger partial charge in [-0.05, 0) is 45.6 Å². The maximum Gasteiger partial charge on any atom is 0.176 e. The van der Waals surface area contributed by atoms with E-state index in [1.165, 1.54) is 6.42 Å². The van der Waals surface area contributed by atoms with Crippen molar-refractivity contribution >= 4 is 5.78 Å². The summed E-state index contributed by atoms with van der Waals surface area (Å²) in [6.45, 7) is 2.45. The lowest BCUT2D eigenvalue weighted by Gasteiger charge is -2.30. The Kier molecular flexibility index (Phi) is 4.93. The van der Waals surface area contributed by atoms with Gasteiger partial charge in [0.25, 0.3) is 0 Å². The van der Waals surface area contributed by atoms with Crippen molar-refractivity contribution in [2.45, 2.75) is 18.9 Å². The molecule has 0 saturated carbocycles. The van der Waals surface area contributed by atoms with Gasteiger partial charge in [-0.15, -0.1) is 0 Å². The molecule has 1 unspecified atom stereocenters. The summed E-state index contributed by atoms with van der Waals surface area (Å²) in [7, 11) is 3.89. The Morgan fingerprint density at radius 2 is 2.37 bits per heavy atom. The van der Waals surface area contributed by atoms with E-state index in [-0.39, 0.29) is 11.9 Å². The van der Waals surface area contributed by atoms with E-state index in [2.05, 4.69) is 17.3 Å². The molecule has 0 amide bonds. The third-order valence-corrected chi connectivity index (χ3v) is 3.38. The number of piperidine rings is 1. The van der Waals surface area contributed by atoms with Crippen LogP contribution in [0.25, 0.3) is 0 Å². The average Bonchev–Trinajstić information content (AvgIpc) is 2.39. The van der Waals surface area contributed by atoms with Crippen molar-refractivity contribution in [3.05, 3.63) is 29.8 Å². The molecule has 2 rings (SSSR count). The van der Waals surface area contributed by atoms with Gasteiger partial charge in [0, 0.05) is 12.1 Å². The number of hydrogen-bond acceptors (Lipinski definition) is 4. The van der Waals surface area contributed by atoms with Crippen LogP contribution in [0.3, 0.4) is 0 Å². The molecular formula is C15H22N2O2. The maximum absolute atomic E-state index is 11.8. The number of carbonyl (C=O) groups is 1. The van der Waals surface area contributed by atoms with Crippen LogP contribution >= 0.6 is 0 Å². The number of nitrogens with one attached hydrogen (secondary N) is 1. The van der Waals surface area contributed by atoms with E-state index in [4.69, 9.17) is 4.74 Å². The second kappa shape index (κ2) is 6.68. The minimum absolute atomic E-state index is 0.0914. The van der Waals surface area contributed by atoms with Crippen molar-refractivity contribution in [2.75, 3.05) is 33.7 Å². The predicted octanol–water partition coefficient (Wildman–Crippen LogP) is 1.56. The highest BCUT2D eigenvalue weighted by Gasteiger charge is 2.18. The largest absolute Gasteiger partial charge is 0.489 e. The molecule has 0 radical (unpaired) electrons. The summed E-state index contributed by atoms with van der Waals surface area (Å²) < 4.78 is 5.98. The molecule has 1 aliphatic heterocycles. The topological polar surface area (TPSA) is 41.6 Å². The first kappa shape index (κ1) is 14.0. The first-order valence-electron chi connectivity index (χ1n) is 6.82.